The maximum atomic E-state index is 12.4. The SMILES string of the molecule is O=c1[nH]c2c(cc1-c1noc(CC3CCc4ccccc43)n1)COCC2. The summed E-state index contributed by atoms with van der Waals surface area (Å²) in [5, 5.41) is 4.05. The molecule has 0 spiro atoms. The van der Waals surface area contributed by atoms with E-state index < -0.39 is 0 Å². The summed E-state index contributed by atoms with van der Waals surface area (Å²) in [4.78, 5) is 19.8. The largest absolute Gasteiger partial charge is 0.376 e. The highest BCUT2D eigenvalue weighted by Crippen LogP contribution is 2.35. The summed E-state index contributed by atoms with van der Waals surface area (Å²) in [5.74, 6) is 1.32. The number of ether oxygens (including phenoxy) is 1. The third kappa shape index (κ3) is 2.66. The molecular formula is C20H19N3O3. The Kier molecular flexibility index (Phi) is 3.71. The number of benzene rings is 1. The van der Waals surface area contributed by atoms with Gasteiger partial charge < -0.3 is 14.2 Å². The molecule has 0 saturated carbocycles. The topological polar surface area (TPSA) is 81.0 Å². The minimum Gasteiger partial charge on any atom is -0.376 e. The smallest absolute Gasteiger partial charge is 0.259 e. The first kappa shape index (κ1) is 15.5. The van der Waals surface area contributed by atoms with Gasteiger partial charge in [0.05, 0.1) is 18.8 Å². The molecule has 1 aromatic carbocycles. The Balaban J connectivity index is 1.42. The number of hydrogen-bond acceptors (Lipinski definition) is 5. The molecule has 2 aromatic heterocycles. The predicted molar refractivity (Wildman–Crippen MR) is 94.9 cm³/mol. The predicted octanol–water partition coefficient (Wildman–Crippen LogP) is 2.77. The highest BCUT2D eigenvalue weighted by molar-refractivity contribution is 5.54. The van der Waals surface area contributed by atoms with Crippen LogP contribution in [0.4, 0.5) is 0 Å². The number of aromatic amines is 1. The Labute approximate surface area is 150 Å². The van der Waals surface area contributed by atoms with Crippen LogP contribution in [0.1, 0.15) is 40.6 Å². The molecule has 6 heteroatoms. The van der Waals surface area contributed by atoms with Crippen molar-refractivity contribution in [2.45, 2.75) is 38.2 Å². The van der Waals surface area contributed by atoms with Crippen LogP contribution in [0, 0.1) is 0 Å². The Bertz CT molecular complexity index is 1020. The average molecular weight is 349 g/mol. The zero-order valence-corrected chi connectivity index (χ0v) is 14.3. The Morgan fingerprint density at radius 2 is 2.12 bits per heavy atom. The maximum Gasteiger partial charge on any atom is 0.259 e. The van der Waals surface area contributed by atoms with Crippen LogP contribution in [-0.2, 0) is 30.6 Å². The zero-order chi connectivity index (χ0) is 17.5. The van der Waals surface area contributed by atoms with Gasteiger partial charge in [-0.25, -0.2) is 0 Å². The quantitative estimate of drug-likeness (QED) is 0.786. The summed E-state index contributed by atoms with van der Waals surface area (Å²) >= 11 is 0. The fraction of sp³-hybridized carbons (Fsp3) is 0.350. The lowest BCUT2D eigenvalue weighted by atomic mass is 9.98. The summed E-state index contributed by atoms with van der Waals surface area (Å²) in [6.07, 6.45) is 3.61. The Morgan fingerprint density at radius 1 is 1.19 bits per heavy atom. The number of nitrogens with zero attached hydrogens (tertiary/aromatic N) is 2. The molecule has 1 unspecified atom stereocenters. The molecule has 2 aliphatic rings. The minimum absolute atomic E-state index is 0.177. The van der Waals surface area contributed by atoms with Gasteiger partial charge in [0.2, 0.25) is 11.7 Å². The van der Waals surface area contributed by atoms with Gasteiger partial charge in [0, 0.05) is 18.5 Å². The molecule has 0 saturated heterocycles. The average Bonchev–Trinajstić information content (AvgIpc) is 3.29. The van der Waals surface area contributed by atoms with E-state index in [0.29, 0.717) is 42.8 Å². The number of aromatic nitrogens is 3. The van der Waals surface area contributed by atoms with E-state index in [1.165, 1.54) is 11.1 Å². The van der Waals surface area contributed by atoms with Crippen molar-refractivity contribution in [3.63, 3.8) is 0 Å². The van der Waals surface area contributed by atoms with Crippen molar-refractivity contribution in [3.8, 4) is 11.4 Å². The first-order valence-corrected chi connectivity index (χ1v) is 9.01. The van der Waals surface area contributed by atoms with E-state index in [-0.39, 0.29) is 5.56 Å². The number of rotatable bonds is 3. The van der Waals surface area contributed by atoms with Crippen LogP contribution in [-0.4, -0.2) is 21.7 Å². The van der Waals surface area contributed by atoms with Gasteiger partial charge >= 0.3 is 0 Å². The maximum absolute atomic E-state index is 12.4. The van der Waals surface area contributed by atoms with Crippen LogP contribution in [0.3, 0.4) is 0 Å². The molecule has 0 amide bonds. The van der Waals surface area contributed by atoms with Gasteiger partial charge in [-0.1, -0.05) is 29.4 Å². The van der Waals surface area contributed by atoms with Gasteiger partial charge in [-0.3, -0.25) is 4.79 Å². The Morgan fingerprint density at radius 3 is 3.08 bits per heavy atom. The molecule has 1 aliphatic carbocycles. The van der Waals surface area contributed by atoms with Gasteiger partial charge in [0.1, 0.15) is 0 Å². The third-order valence-electron chi connectivity index (χ3n) is 5.36. The highest BCUT2D eigenvalue weighted by Gasteiger charge is 2.25. The van der Waals surface area contributed by atoms with Crippen molar-refractivity contribution in [3.05, 3.63) is 69.0 Å². The highest BCUT2D eigenvalue weighted by atomic mass is 16.5. The molecule has 5 rings (SSSR count). The van der Waals surface area contributed by atoms with Gasteiger partial charge in [-0.15, -0.1) is 0 Å². The van der Waals surface area contributed by atoms with E-state index in [0.717, 1.165) is 30.5 Å². The fourth-order valence-electron chi connectivity index (χ4n) is 4.00. The molecule has 1 aliphatic heterocycles. The van der Waals surface area contributed by atoms with Crippen LogP contribution in [0.5, 0.6) is 0 Å². The molecule has 0 fully saturated rings. The van der Waals surface area contributed by atoms with Crippen molar-refractivity contribution in [2.75, 3.05) is 6.61 Å². The van der Waals surface area contributed by atoms with Gasteiger partial charge in [0.25, 0.3) is 5.56 Å². The van der Waals surface area contributed by atoms with Gasteiger partial charge in [-0.2, -0.15) is 4.98 Å². The summed E-state index contributed by atoms with van der Waals surface area (Å²) in [6, 6.07) is 10.3. The molecule has 1 N–H and O–H groups in total. The molecule has 3 aromatic rings. The van der Waals surface area contributed by atoms with E-state index in [4.69, 9.17) is 9.26 Å². The number of H-pyrrole nitrogens is 1. The second-order valence-electron chi connectivity index (χ2n) is 6.97. The van der Waals surface area contributed by atoms with Crippen molar-refractivity contribution in [1.82, 2.24) is 15.1 Å². The fourth-order valence-corrected chi connectivity index (χ4v) is 4.00. The first-order chi connectivity index (χ1) is 12.8. The van der Waals surface area contributed by atoms with Crippen molar-refractivity contribution < 1.29 is 9.26 Å². The normalized spacial score (nSPS) is 18.5. The summed E-state index contributed by atoms with van der Waals surface area (Å²) in [6.45, 7) is 1.14. The lowest BCUT2D eigenvalue weighted by Gasteiger charge is -2.15. The second-order valence-corrected chi connectivity index (χ2v) is 6.97. The van der Waals surface area contributed by atoms with E-state index in [1.54, 1.807) is 0 Å². The minimum atomic E-state index is -0.177. The van der Waals surface area contributed by atoms with E-state index in [9.17, 15) is 4.79 Å². The molecule has 1 atom stereocenters. The second kappa shape index (κ2) is 6.21. The number of aryl methyl sites for hydroxylation is 1. The number of pyridine rings is 1. The number of fused-ring (bicyclic) bond motifs is 2. The van der Waals surface area contributed by atoms with Crippen LogP contribution in [0.15, 0.2) is 39.6 Å². The van der Waals surface area contributed by atoms with Crippen LogP contribution in [0.2, 0.25) is 0 Å². The van der Waals surface area contributed by atoms with Crippen LogP contribution in [0.25, 0.3) is 11.4 Å². The molecule has 132 valence electrons. The molecule has 3 heterocycles. The number of hydrogen-bond donors (Lipinski definition) is 1. The molecule has 0 radical (unpaired) electrons. The lowest BCUT2D eigenvalue weighted by molar-refractivity contribution is 0.109. The Hall–Kier alpha value is -2.73. The molecular weight excluding hydrogens is 330 g/mol. The molecule has 0 bridgehead atoms. The van der Waals surface area contributed by atoms with Gasteiger partial charge in [0.15, 0.2) is 0 Å². The molecule has 6 nitrogen and oxygen atoms in total. The van der Waals surface area contributed by atoms with E-state index in [2.05, 4.69) is 39.4 Å². The standard InChI is InChI=1S/C20H19N3O3/c24-20-16(9-14-11-25-8-7-17(14)21-20)19-22-18(26-23-19)10-13-6-5-12-3-1-2-4-15(12)13/h1-4,9,13H,5-8,10-11H2,(H,21,24). The first-order valence-electron chi connectivity index (χ1n) is 9.01. The number of nitrogens with one attached hydrogen (secondary N) is 1. The van der Waals surface area contributed by atoms with Crippen LogP contribution < -0.4 is 5.56 Å². The van der Waals surface area contributed by atoms with Gasteiger partial charge in [-0.05, 0) is 41.5 Å². The van der Waals surface area contributed by atoms with E-state index in [1.807, 2.05) is 6.07 Å². The lowest BCUT2D eigenvalue weighted by Crippen LogP contribution is -2.19. The van der Waals surface area contributed by atoms with Crippen molar-refractivity contribution in [1.29, 1.82) is 0 Å². The van der Waals surface area contributed by atoms with Crippen LogP contribution >= 0.6 is 0 Å². The summed E-state index contributed by atoms with van der Waals surface area (Å²) in [7, 11) is 0. The zero-order valence-electron chi connectivity index (χ0n) is 14.3. The van der Waals surface area contributed by atoms with Crippen molar-refractivity contribution in [2.24, 2.45) is 0 Å². The van der Waals surface area contributed by atoms with E-state index >= 15 is 0 Å². The summed E-state index contributed by atoms with van der Waals surface area (Å²) in [5.41, 5.74) is 4.97. The summed E-state index contributed by atoms with van der Waals surface area (Å²) < 4.78 is 10.9. The molecule has 26 heavy (non-hydrogen) atoms. The third-order valence-corrected chi connectivity index (χ3v) is 5.36. The monoisotopic (exact) mass is 349 g/mol. The van der Waals surface area contributed by atoms with Crippen molar-refractivity contribution >= 4 is 0 Å².